The number of aliphatic hydroxyl groups excluding tert-OH is 2. The third-order valence-corrected chi connectivity index (χ3v) is 3.02. The molecule has 0 aromatic carbocycles. The molecule has 2 heterocycles. The van der Waals surface area contributed by atoms with Gasteiger partial charge in [-0.2, -0.15) is 4.98 Å². The van der Waals surface area contributed by atoms with Crippen LogP contribution in [0.1, 0.15) is 11.8 Å². The molecule has 0 aliphatic carbocycles. The maximum absolute atomic E-state index is 13.8. The number of nitrogens with zero attached hydrogens (tertiary/aromatic N) is 2. The number of hydrogen-bond donors (Lipinski definition) is 3. The summed E-state index contributed by atoms with van der Waals surface area (Å²) in [6.45, 7) is -1.16. The first-order chi connectivity index (χ1) is 9.53. The Morgan fingerprint density at radius 2 is 2.25 bits per heavy atom. The van der Waals surface area contributed by atoms with Crippen molar-refractivity contribution >= 4 is 5.82 Å². The van der Waals surface area contributed by atoms with Crippen LogP contribution in [-0.4, -0.2) is 38.6 Å². The Hall–Kier alpha value is -1.84. The number of nitrogens with two attached hydrogens (primary N) is 1. The summed E-state index contributed by atoms with van der Waals surface area (Å²) in [5.41, 5.74) is 4.22. The minimum Gasteiger partial charge on any atom is -0.394 e. The van der Waals surface area contributed by atoms with Crippen LogP contribution >= 0.6 is 0 Å². The van der Waals surface area contributed by atoms with Gasteiger partial charge in [-0.05, 0) is 0 Å². The molecule has 9 heteroatoms. The number of halogens is 2. The lowest BCUT2D eigenvalue weighted by Crippen LogP contribution is -2.29. The number of nitrogen functional groups attached to an aromatic ring is 1. The minimum atomic E-state index is -1.88. The van der Waals surface area contributed by atoms with Crippen LogP contribution in [0.3, 0.4) is 0 Å². The highest BCUT2D eigenvalue weighted by molar-refractivity contribution is 5.36. The molecule has 1 aliphatic heterocycles. The van der Waals surface area contributed by atoms with E-state index in [0.29, 0.717) is 0 Å². The smallest absolute Gasteiger partial charge is 0.351 e. The van der Waals surface area contributed by atoms with Gasteiger partial charge in [0.2, 0.25) is 0 Å². The van der Waals surface area contributed by atoms with E-state index in [0.717, 1.165) is 10.8 Å². The highest BCUT2D eigenvalue weighted by Gasteiger charge is 2.41. The second-order valence-corrected chi connectivity index (χ2v) is 4.22. The van der Waals surface area contributed by atoms with Gasteiger partial charge in [0.1, 0.15) is 11.9 Å². The number of anilines is 1. The van der Waals surface area contributed by atoms with E-state index >= 15 is 0 Å². The normalized spacial score (nSPS) is 28.2. The topological polar surface area (TPSA) is 111 Å². The van der Waals surface area contributed by atoms with E-state index in [9.17, 15) is 13.6 Å². The average Bonchev–Trinajstić information content (AvgIpc) is 2.75. The molecule has 3 unspecified atom stereocenters. The Balaban J connectivity index is 2.48. The van der Waals surface area contributed by atoms with Gasteiger partial charge < -0.3 is 20.7 Å². The summed E-state index contributed by atoms with van der Waals surface area (Å²) in [6.07, 6.45) is -3.42. The number of aromatic nitrogens is 2. The third kappa shape index (κ3) is 2.30. The Kier molecular flexibility index (Phi) is 4.12. The Labute approximate surface area is 111 Å². The van der Waals surface area contributed by atoms with Crippen molar-refractivity contribution in [3.05, 3.63) is 34.1 Å². The number of hydrogen-bond acceptors (Lipinski definition) is 6. The van der Waals surface area contributed by atoms with Gasteiger partial charge in [-0.1, -0.05) is 0 Å². The molecule has 4 N–H and O–H groups in total. The highest BCUT2D eigenvalue weighted by atomic mass is 19.1. The van der Waals surface area contributed by atoms with Gasteiger partial charge in [-0.15, -0.1) is 0 Å². The summed E-state index contributed by atoms with van der Waals surface area (Å²) in [6, 6.07) is 0. The largest absolute Gasteiger partial charge is 0.394 e. The van der Waals surface area contributed by atoms with E-state index in [-0.39, 0.29) is 17.7 Å². The fourth-order valence-electron chi connectivity index (χ4n) is 1.95. The molecule has 0 radical (unpaired) electrons. The molecule has 110 valence electrons. The van der Waals surface area contributed by atoms with E-state index in [1.807, 2.05) is 0 Å². The SMILES string of the molecule is Nc1nc(=O)n(C2OC(CO)C(F)/C2=C\F)cc1CO. The number of aliphatic hydroxyl groups is 2. The molecule has 2 rings (SSSR count). The molecule has 1 aliphatic rings. The van der Waals surface area contributed by atoms with E-state index in [1.54, 1.807) is 0 Å². The Morgan fingerprint density at radius 1 is 1.55 bits per heavy atom. The molecule has 0 amide bonds. The summed E-state index contributed by atoms with van der Waals surface area (Å²) in [4.78, 5) is 15.2. The first-order valence-corrected chi connectivity index (χ1v) is 5.72. The van der Waals surface area contributed by atoms with Gasteiger partial charge in [0.05, 0.1) is 19.5 Å². The Morgan fingerprint density at radius 3 is 2.80 bits per heavy atom. The molecule has 0 saturated carbocycles. The van der Waals surface area contributed by atoms with Crippen molar-refractivity contribution < 1.29 is 23.7 Å². The molecule has 1 fully saturated rings. The van der Waals surface area contributed by atoms with Crippen LogP contribution in [0.15, 0.2) is 22.9 Å². The van der Waals surface area contributed by atoms with Gasteiger partial charge >= 0.3 is 5.69 Å². The van der Waals surface area contributed by atoms with Gasteiger partial charge in [0, 0.05) is 17.3 Å². The van der Waals surface area contributed by atoms with Gasteiger partial charge in [0.15, 0.2) is 12.4 Å². The molecule has 20 heavy (non-hydrogen) atoms. The summed E-state index contributed by atoms with van der Waals surface area (Å²) < 4.78 is 32.5. The second-order valence-electron chi connectivity index (χ2n) is 4.22. The molecule has 0 spiro atoms. The summed E-state index contributed by atoms with van der Waals surface area (Å²) in [7, 11) is 0. The van der Waals surface area contributed by atoms with Crippen LogP contribution in [0.4, 0.5) is 14.6 Å². The summed E-state index contributed by atoms with van der Waals surface area (Å²) in [5, 5.41) is 18.0. The molecule has 1 aromatic heterocycles. The van der Waals surface area contributed by atoms with Gasteiger partial charge in [-0.25, -0.2) is 13.6 Å². The Bertz CT molecular complexity index is 590. The molecular formula is C11H13F2N3O4. The van der Waals surface area contributed by atoms with Crippen molar-refractivity contribution in [2.45, 2.75) is 25.1 Å². The fraction of sp³-hybridized carbons (Fsp3) is 0.455. The molecular weight excluding hydrogens is 276 g/mol. The van der Waals surface area contributed by atoms with Crippen LogP contribution in [0.25, 0.3) is 0 Å². The molecule has 0 bridgehead atoms. The number of alkyl halides is 1. The minimum absolute atomic E-state index is 0.00753. The van der Waals surface area contributed by atoms with Crippen molar-refractivity contribution in [3.63, 3.8) is 0 Å². The van der Waals surface area contributed by atoms with Gasteiger partial charge in [0.25, 0.3) is 0 Å². The monoisotopic (exact) mass is 289 g/mol. The molecule has 1 aromatic rings. The van der Waals surface area contributed by atoms with E-state index in [4.69, 9.17) is 20.7 Å². The number of rotatable bonds is 3. The maximum atomic E-state index is 13.8. The molecule has 7 nitrogen and oxygen atoms in total. The van der Waals surface area contributed by atoms with Crippen LogP contribution < -0.4 is 11.4 Å². The third-order valence-electron chi connectivity index (χ3n) is 3.02. The van der Waals surface area contributed by atoms with Gasteiger partial charge in [-0.3, -0.25) is 4.57 Å². The van der Waals surface area contributed by atoms with Crippen molar-refractivity contribution in [1.29, 1.82) is 0 Å². The lowest BCUT2D eigenvalue weighted by molar-refractivity contribution is -0.0323. The van der Waals surface area contributed by atoms with Crippen LogP contribution in [0, 0.1) is 0 Å². The van der Waals surface area contributed by atoms with Crippen molar-refractivity contribution in [2.24, 2.45) is 0 Å². The quantitative estimate of drug-likeness (QED) is 0.685. The average molecular weight is 289 g/mol. The van der Waals surface area contributed by atoms with E-state index < -0.39 is 43.0 Å². The van der Waals surface area contributed by atoms with Crippen LogP contribution in [0.5, 0.6) is 0 Å². The predicted octanol–water partition coefficient (Wildman–Crippen LogP) is -0.601. The first-order valence-electron chi connectivity index (χ1n) is 5.72. The molecule has 3 atom stereocenters. The second kappa shape index (κ2) is 5.65. The summed E-state index contributed by atoms with van der Waals surface area (Å²) >= 11 is 0. The van der Waals surface area contributed by atoms with E-state index in [2.05, 4.69) is 4.98 Å². The standard InChI is InChI=1S/C11H13F2N3O4/c12-1-6-8(13)7(4-18)20-10(6)16-2-5(3-17)9(14)15-11(16)19/h1-2,7-8,10,17-18H,3-4H2,(H2,14,15,19)/b6-1+. The fourth-order valence-corrected chi connectivity index (χ4v) is 1.95. The van der Waals surface area contributed by atoms with Crippen molar-refractivity contribution in [2.75, 3.05) is 12.3 Å². The van der Waals surface area contributed by atoms with Crippen LogP contribution in [-0.2, 0) is 11.3 Å². The lowest BCUT2D eigenvalue weighted by atomic mass is 10.1. The zero-order valence-corrected chi connectivity index (χ0v) is 10.2. The first kappa shape index (κ1) is 14.6. The maximum Gasteiger partial charge on any atom is 0.351 e. The number of ether oxygens (including phenoxy) is 1. The zero-order valence-electron chi connectivity index (χ0n) is 10.2. The summed E-state index contributed by atoms with van der Waals surface area (Å²) in [5.74, 6) is -0.173. The zero-order chi connectivity index (χ0) is 14.9. The highest BCUT2D eigenvalue weighted by Crippen LogP contribution is 2.35. The van der Waals surface area contributed by atoms with Crippen LogP contribution in [0.2, 0.25) is 0 Å². The van der Waals surface area contributed by atoms with Crippen molar-refractivity contribution in [3.8, 4) is 0 Å². The van der Waals surface area contributed by atoms with Crippen molar-refractivity contribution in [1.82, 2.24) is 9.55 Å². The lowest BCUT2D eigenvalue weighted by Gasteiger charge is -2.16. The van der Waals surface area contributed by atoms with E-state index in [1.165, 1.54) is 0 Å². The molecule has 1 saturated heterocycles. The predicted molar refractivity (Wildman–Crippen MR) is 63.9 cm³/mol.